The first-order valence-corrected chi connectivity index (χ1v) is 5.99. The van der Waals surface area contributed by atoms with Crippen molar-refractivity contribution in [2.45, 2.75) is 51.2 Å². The van der Waals surface area contributed by atoms with Crippen LogP contribution in [-0.2, 0) is 0 Å². The first kappa shape index (κ1) is 10.7. The zero-order chi connectivity index (χ0) is 10.8. The van der Waals surface area contributed by atoms with E-state index >= 15 is 0 Å². The van der Waals surface area contributed by atoms with E-state index in [1.54, 1.807) is 0 Å². The molecule has 1 heterocycles. The number of nitrogens with one attached hydrogen (secondary N) is 2. The van der Waals surface area contributed by atoms with E-state index in [9.17, 15) is 4.79 Å². The highest BCUT2D eigenvalue weighted by atomic mass is 16.2. The molecule has 15 heavy (non-hydrogen) atoms. The summed E-state index contributed by atoms with van der Waals surface area (Å²) >= 11 is 0. The number of amides is 2. The fourth-order valence-corrected chi connectivity index (χ4v) is 2.67. The smallest absolute Gasteiger partial charge is 0.317 e. The number of fused-ring (bicyclic) bond motifs is 1. The fraction of sp³-hybridized carbons (Fsp3) is 0.909. The lowest BCUT2D eigenvalue weighted by Crippen LogP contribution is -2.59. The van der Waals surface area contributed by atoms with Crippen molar-refractivity contribution in [3.05, 3.63) is 0 Å². The summed E-state index contributed by atoms with van der Waals surface area (Å²) in [6, 6.07) is 1.31. The van der Waals surface area contributed by atoms with Gasteiger partial charge in [0, 0.05) is 31.2 Å². The maximum Gasteiger partial charge on any atom is 0.317 e. The Bertz CT molecular complexity index is 242. The normalized spacial score (nSPS) is 30.5. The summed E-state index contributed by atoms with van der Waals surface area (Å²) in [4.78, 5) is 14.0. The van der Waals surface area contributed by atoms with E-state index in [1.165, 1.54) is 12.8 Å². The fourth-order valence-electron chi connectivity index (χ4n) is 2.67. The molecular weight excluding hydrogens is 190 g/mol. The average Bonchev–Trinajstić information content (AvgIpc) is 2.63. The average molecular weight is 211 g/mol. The summed E-state index contributed by atoms with van der Waals surface area (Å²) in [5.74, 6) is 0. The van der Waals surface area contributed by atoms with Crippen molar-refractivity contribution < 1.29 is 4.79 Å². The van der Waals surface area contributed by atoms with Gasteiger partial charge < -0.3 is 15.5 Å². The zero-order valence-corrected chi connectivity index (χ0v) is 9.62. The second-order valence-electron chi connectivity index (χ2n) is 4.86. The minimum atomic E-state index is 0.114. The number of rotatable bonds is 1. The summed E-state index contributed by atoms with van der Waals surface area (Å²) in [5.41, 5.74) is 0. The van der Waals surface area contributed by atoms with E-state index in [2.05, 4.69) is 10.6 Å². The molecule has 4 nitrogen and oxygen atoms in total. The molecule has 2 atom stereocenters. The lowest BCUT2D eigenvalue weighted by atomic mass is 10.1. The molecule has 1 saturated carbocycles. The molecule has 2 unspecified atom stereocenters. The lowest BCUT2D eigenvalue weighted by molar-refractivity contribution is 0.142. The molecule has 0 spiro atoms. The van der Waals surface area contributed by atoms with Crippen LogP contribution < -0.4 is 10.6 Å². The second kappa shape index (κ2) is 4.39. The van der Waals surface area contributed by atoms with Crippen molar-refractivity contribution in [3.8, 4) is 0 Å². The molecule has 0 bridgehead atoms. The lowest BCUT2D eigenvalue weighted by Gasteiger charge is -2.38. The highest BCUT2D eigenvalue weighted by Crippen LogP contribution is 2.26. The van der Waals surface area contributed by atoms with Crippen molar-refractivity contribution in [3.63, 3.8) is 0 Å². The molecule has 2 amide bonds. The van der Waals surface area contributed by atoms with E-state index in [0.717, 1.165) is 19.5 Å². The molecule has 2 aliphatic rings. The van der Waals surface area contributed by atoms with Gasteiger partial charge in [-0.1, -0.05) is 0 Å². The molecular formula is C11H21N3O. The van der Waals surface area contributed by atoms with Crippen LogP contribution in [0.4, 0.5) is 4.79 Å². The van der Waals surface area contributed by atoms with Gasteiger partial charge in [0.1, 0.15) is 0 Å². The Balaban J connectivity index is 1.98. The molecule has 0 aromatic rings. The van der Waals surface area contributed by atoms with Gasteiger partial charge >= 0.3 is 6.03 Å². The largest absolute Gasteiger partial charge is 0.336 e. The van der Waals surface area contributed by atoms with Gasteiger partial charge in [-0.05, 0) is 33.1 Å². The number of carbonyl (C=O) groups is 1. The zero-order valence-electron chi connectivity index (χ0n) is 9.62. The van der Waals surface area contributed by atoms with Crippen molar-refractivity contribution >= 4 is 6.03 Å². The predicted molar refractivity (Wildman–Crippen MR) is 59.8 cm³/mol. The van der Waals surface area contributed by atoms with E-state index in [4.69, 9.17) is 0 Å². The minimum absolute atomic E-state index is 0.114. The molecule has 2 fully saturated rings. The Morgan fingerprint density at radius 1 is 1.47 bits per heavy atom. The van der Waals surface area contributed by atoms with E-state index < -0.39 is 0 Å². The van der Waals surface area contributed by atoms with Gasteiger partial charge in [-0.25, -0.2) is 4.79 Å². The summed E-state index contributed by atoms with van der Waals surface area (Å²) in [5, 5.41) is 6.48. The van der Waals surface area contributed by atoms with Crippen molar-refractivity contribution in [1.82, 2.24) is 15.5 Å². The van der Waals surface area contributed by atoms with Gasteiger partial charge in [0.2, 0.25) is 0 Å². The van der Waals surface area contributed by atoms with Crippen molar-refractivity contribution in [2.24, 2.45) is 0 Å². The van der Waals surface area contributed by atoms with Crippen LogP contribution in [0.1, 0.15) is 33.1 Å². The number of hydrogen-bond acceptors (Lipinski definition) is 2. The molecule has 1 aliphatic heterocycles. The third kappa shape index (κ3) is 2.25. The van der Waals surface area contributed by atoms with Crippen LogP contribution in [0.25, 0.3) is 0 Å². The van der Waals surface area contributed by atoms with Crippen LogP contribution in [0.3, 0.4) is 0 Å². The van der Waals surface area contributed by atoms with Crippen LogP contribution in [0.15, 0.2) is 0 Å². The van der Waals surface area contributed by atoms with Crippen LogP contribution in [0.5, 0.6) is 0 Å². The van der Waals surface area contributed by atoms with E-state index in [1.807, 2.05) is 18.7 Å². The van der Waals surface area contributed by atoms with Gasteiger partial charge in [0.25, 0.3) is 0 Å². The van der Waals surface area contributed by atoms with E-state index in [0.29, 0.717) is 12.1 Å². The monoisotopic (exact) mass is 211 g/mol. The topological polar surface area (TPSA) is 44.4 Å². The summed E-state index contributed by atoms with van der Waals surface area (Å²) < 4.78 is 0. The highest BCUT2D eigenvalue weighted by molar-refractivity contribution is 5.75. The van der Waals surface area contributed by atoms with Crippen LogP contribution in [-0.4, -0.2) is 42.1 Å². The Labute approximate surface area is 91.4 Å². The summed E-state index contributed by atoms with van der Waals surface area (Å²) in [6.07, 6.45) is 3.62. The van der Waals surface area contributed by atoms with Crippen molar-refractivity contribution in [2.75, 3.05) is 13.1 Å². The number of piperazine rings is 1. The maximum atomic E-state index is 11.9. The first-order valence-electron chi connectivity index (χ1n) is 5.99. The van der Waals surface area contributed by atoms with Gasteiger partial charge in [0.05, 0.1) is 0 Å². The summed E-state index contributed by atoms with van der Waals surface area (Å²) in [7, 11) is 0. The molecule has 1 aliphatic carbocycles. The maximum absolute atomic E-state index is 11.9. The second-order valence-corrected chi connectivity index (χ2v) is 4.86. The van der Waals surface area contributed by atoms with Crippen molar-refractivity contribution in [1.29, 1.82) is 0 Å². The van der Waals surface area contributed by atoms with Crippen LogP contribution in [0, 0.1) is 0 Å². The Morgan fingerprint density at radius 2 is 2.27 bits per heavy atom. The summed E-state index contributed by atoms with van der Waals surface area (Å²) in [6.45, 7) is 5.80. The Kier molecular flexibility index (Phi) is 3.14. The molecule has 0 radical (unpaired) electrons. The molecule has 1 saturated heterocycles. The third-order valence-corrected chi connectivity index (χ3v) is 3.31. The molecule has 2 N–H and O–H groups in total. The SMILES string of the molecule is CC(C)NC(=O)N1CCNC2CCCC21. The number of hydrogen-bond donors (Lipinski definition) is 2. The van der Waals surface area contributed by atoms with Gasteiger partial charge in [0.15, 0.2) is 0 Å². The van der Waals surface area contributed by atoms with Crippen LogP contribution >= 0.6 is 0 Å². The highest BCUT2D eigenvalue weighted by Gasteiger charge is 2.37. The van der Waals surface area contributed by atoms with Gasteiger partial charge in [-0.3, -0.25) is 0 Å². The number of urea groups is 1. The Hall–Kier alpha value is -0.770. The van der Waals surface area contributed by atoms with Crippen LogP contribution in [0.2, 0.25) is 0 Å². The first-order chi connectivity index (χ1) is 7.18. The number of carbonyl (C=O) groups excluding carboxylic acids is 1. The standard InChI is InChI=1S/C11H21N3O/c1-8(2)13-11(15)14-7-6-12-9-4-3-5-10(9)14/h8-10,12H,3-7H2,1-2H3,(H,13,15). The molecule has 4 heteroatoms. The molecule has 0 aromatic heterocycles. The molecule has 0 aromatic carbocycles. The van der Waals surface area contributed by atoms with Gasteiger partial charge in [-0.15, -0.1) is 0 Å². The molecule has 2 rings (SSSR count). The van der Waals surface area contributed by atoms with Gasteiger partial charge in [-0.2, -0.15) is 0 Å². The Morgan fingerprint density at radius 3 is 3.00 bits per heavy atom. The minimum Gasteiger partial charge on any atom is -0.336 e. The quantitative estimate of drug-likeness (QED) is 0.677. The molecule has 86 valence electrons. The third-order valence-electron chi connectivity index (χ3n) is 3.31. The number of nitrogens with zero attached hydrogens (tertiary/aromatic N) is 1. The van der Waals surface area contributed by atoms with E-state index in [-0.39, 0.29) is 12.1 Å². The predicted octanol–water partition coefficient (Wildman–Crippen LogP) is 0.931.